The maximum absolute atomic E-state index is 6.15. The number of hydrogen-bond donors (Lipinski definition) is 1. The second-order valence-electron chi connectivity index (χ2n) is 8.23. The van der Waals surface area contributed by atoms with E-state index in [0.717, 1.165) is 28.9 Å². The lowest BCUT2D eigenvalue weighted by molar-refractivity contribution is 0.386. The van der Waals surface area contributed by atoms with E-state index in [1.807, 2.05) is 24.3 Å². The molecule has 1 aliphatic heterocycles. The first kappa shape index (κ1) is 21.5. The predicted octanol–water partition coefficient (Wildman–Crippen LogP) is 6.02. The second kappa shape index (κ2) is 8.81. The Kier molecular flexibility index (Phi) is 6.12. The molecule has 160 valence electrons. The number of aryl methyl sites for hydroxylation is 1. The number of thiocarbonyl (C=S) groups is 1. The van der Waals surface area contributed by atoms with Crippen molar-refractivity contribution in [2.45, 2.75) is 33.7 Å². The third-order valence-corrected chi connectivity index (χ3v) is 5.87. The lowest BCUT2D eigenvalue weighted by Crippen LogP contribution is -2.47. The highest BCUT2D eigenvalue weighted by Crippen LogP contribution is 2.37. The predicted molar refractivity (Wildman–Crippen MR) is 129 cm³/mol. The first-order chi connectivity index (χ1) is 14.8. The van der Waals surface area contributed by atoms with Crippen LogP contribution < -0.4 is 5.32 Å². The smallest absolute Gasteiger partial charge is 0.258 e. The van der Waals surface area contributed by atoms with E-state index >= 15 is 0 Å². The quantitative estimate of drug-likeness (QED) is 0.478. The zero-order valence-corrected chi connectivity index (χ0v) is 19.6. The van der Waals surface area contributed by atoms with E-state index in [0.29, 0.717) is 27.8 Å². The summed E-state index contributed by atoms with van der Waals surface area (Å²) in [5.41, 5.74) is 5.05. The maximum atomic E-state index is 6.15. The van der Waals surface area contributed by atoms with Crippen molar-refractivity contribution >= 4 is 34.5 Å². The number of hydrogen-bond acceptors (Lipinski definition) is 4. The molecule has 0 aliphatic carbocycles. The van der Waals surface area contributed by atoms with Gasteiger partial charge in [-0.2, -0.15) is 4.98 Å². The number of aromatic nitrogens is 2. The van der Waals surface area contributed by atoms with E-state index in [1.165, 1.54) is 5.56 Å². The van der Waals surface area contributed by atoms with Crippen LogP contribution >= 0.6 is 23.8 Å². The molecule has 2 aromatic carbocycles. The zero-order valence-electron chi connectivity index (χ0n) is 18.0. The van der Waals surface area contributed by atoms with Crippen LogP contribution in [-0.4, -0.2) is 26.7 Å². The lowest BCUT2D eigenvalue weighted by atomic mass is 9.94. The van der Waals surface area contributed by atoms with Crippen molar-refractivity contribution in [3.63, 3.8) is 0 Å². The Morgan fingerprint density at radius 3 is 2.58 bits per heavy atom. The molecule has 1 aromatic heterocycles. The minimum atomic E-state index is -0.177. The molecule has 0 saturated heterocycles. The van der Waals surface area contributed by atoms with E-state index in [1.54, 1.807) is 0 Å². The topological polar surface area (TPSA) is 54.2 Å². The van der Waals surface area contributed by atoms with E-state index < -0.39 is 0 Å². The van der Waals surface area contributed by atoms with Gasteiger partial charge in [0.1, 0.15) is 0 Å². The highest BCUT2D eigenvalue weighted by molar-refractivity contribution is 7.80. The third-order valence-electron chi connectivity index (χ3n) is 5.29. The fourth-order valence-corrected chi connectivity index (χ4v) is 4.25. The summed E-state index contributed by atoms with van der Waals surface area (Å²) in [6, 6.07) is 15.7. The van der Waals surface area contributed by atoms with E-state index in [9.17, 15) is 0 Å². The van der Waals surface area contributed by atoms with Gasteiger partial charge in [0.2, 0.25) is 5.82 Å². The van der Waals surface area contributed by atoms with Crippen LogP contribution in [0.3, 0.4) is 0 Å². The molecule has 31 heavy (non-hydrogen) atoms. The van der Waals surface area contributed by atoms with E-state index in [-0.39, 0.29) is 6.04 Å². The van der Waals surface area contributed by atoms with Crippen LogP contribution in [0.1, 0.15) is 43.8 Å². The van der Waals surface area contributed by atoms with Gasteiger partial charge in [-0.05, 0) is 49.7 Å². The average molecular weight is 453 g/mol. The van der Waals surface area contributed by atoms with E-state index in [4.69, 9.17) is 33.3 Å². The SMILES string of the molecule is CC1=C(c2nc(-c3cccc(Cl)c3)no2)C(c2ccc(C)cc2)NC(=S)N1CC(C)C. The molecule has 5 nitrogen and oxygen atoms in total. The van der Waals surface area contributed by atoms with Crippen LogP contribution in [0.5, 0.6) is 0 Å². The van der Waals surface area contributed by atoms with Crippen LogP contribution in [-0.2, 0) is 0 Å². The molecule has 1 unspecified atom stereocenters. The highest BCUT2D eigenvalue weighted by atomic mass is 35.5. The molecule has 0 fully saturated rings. The first-order valence-electron chi connectivity index (χ1n) is 10.3. The van der Waals surface area contributed by atoms with Gasteiger partial charge >= 0.3 is 0 Å². The van der Waals surface area contributed by atoms with Gasteiger partial charge < -0.3 is 14.7 Å². The number of benzene rings is 2. The summed E-state index contributed by atoms with van der Waals surface area (Å²) >= 11 is 11.9. The summed E-state index contributed by atoms with van der Waals surface area (Å²) in [6.07, 6.45) is 0. The average Bonchev–Trinajstić information content (AvgIpc) is 3.21. The molecular weight excluding hydrogens is 428 g/mol. The van der Waals surface area contributed by atoms with Gasteiger partial charge in [0.15, 0.2) is 5.11 Å². The highest BCUT2D eigenvalue weighted by Gasteiger charge is 2.34. The van der Waals surface area contributed by atoms with Crippen molar-refractivity contribution in [1.29, 1.82) is 0 Å². The van der Waals surface area contributed by atoms with Crippen LogP contribution in [0.4, 0.5) is 0 Å². The Morgan fingerprint density at radius 1 is 1.16 bits per heavy atom. The third kappa shape index (κ3) is 4.50. The van der Waals surface area contributed by atoms with Gasteiger partial charge in [-0.25, -0.2) is 0 Å². The summed E-state index contributed by atoms with van der Waals surface area (Å²) in [4.78, 5) is 6.84. The van der Waals surface area contributed by atoms with Gasteiger partial charge in [-0.15, -0.1) is 0 Å². The summed E-state index contributed by atoms with van der Waals surface area (Å²) in [5, 5.41) is 9.05. The Hall–Kier alpha value is -2.70. The van der Waals surface area contributed by atoms with Gasteiger partial charge in [-0.3, -0.25) is 0 Å². The van der Waals surface area contributed by atoms with Gasteiger partial charge in [-0.1, -0.05) is 72.6 Å². The summed E-state index contributed by atoms with van der Waals surface area (Å²) in [7, 11) is 0. The summed E-state index contributed by atoms with van der Waals surface area (Å²) < 4.78 is 5.76. The van der Waals surface area contributed by atoms with Gasteiger partial charge in [0.05, 0.1) is 11.6 Å². The molecule has 1 N–H and O–H groups in total. The monoisotopic (exact) mass is 452 g/mol. The molecule has 3 aromatic rings. The van der Waals surface area contributed by atoms with Gasteiger partial charge in [0, 0.05) is 22.8 Å². The zero-order chi connectivity index (χ0) is 22.1. The minimum Gasteiger partial charge on any atom is -0.351 e. The Balaban J connectivity index is 1.82. The molecule has 0 spiro atoms. The molecule has 4 rings (SSSR count). The normalized spacial score (nSPS) is 16.8. The maximum Gasteiger partial charge on any atom is 0.258 e. The fourth-order valence-electron chi connectivity index (χ4n) is 3.73. The lowest BCUT2D eigenvalue weighted by Gasteiger charge is -2.38. The molecule has 1 atom stereocenters. The molecule has 1 aliphatic rings. The Morgan fingerprint density at radius 2 is 1.90 bits per heavy atom. The molecular formula is C24H25ClN4OS. The minimum absolute atomic E-state index is 0.177. The van der Waals surface area contributed by atoms with Crippen molar-refractivity contribution in [3.8, 4) is 11.4 Å². The number of nitrogens with one attached hydrogen (secondary N) is 1. The van der Waals surface area contributed by atoms with Crippen LogP contribution in [0.25, 0.3) is 17.0 Å². The molecule has 0 radical (unpaired) electrons. The van der Waals surface area contributed by atoms with Crippen LogP contribution in [0.2, 0.25) is 5.02 Å². The number of allylic oxidation sites excluding steroid dienone is 1. The summed E-state index contributed by atoms with van der Waals surface area (Å²) in [6.45, 7) is 9.29. The molecule has 0 saturated carbocycles. The standard InChI is InChI=1S/C24H25ClN4OS/c1-14(2)13-29-16(4)20(21(26-24(29)31)17-10-8-15(3)9-11-17)23-27-22(28-30-23)18-6-5-7-19(25)12-18/h5-12,14,21H,13H2,1-4H3,(H,26,31). The van der Waals surface area contributed by atoms with Crippen molar-refractivity contribution in [2.24, 2.45) is 5.92 Å². The van der Waals surface area contributed by atoms with Crippen molar-refractivity contribution in [1.82, 2.24) is 20.4 Å². The van der Waals surface area contributed by atoms with E-state index in [2.05, 4.69) is 67.3 Å². The Labute approximate surface area is 193 Å². The van der Waals surface area contributed by atoms with Crippen molar-refractivity contribution in [2.75, 3.05) is 6.54 Å². The fraction of sp³-hybridized carbons (Fsp3) is 0.292. The molecule has 7 heteroatoms. The molecule has 0 amide bonds. The van der Waals surface area contributed by atoms with Crippen LogP contribution in [0, 0.1) is 12.8 Å². The van der Waals surface area contributed by atoms with Gasteiger partial charge in [0.25, 0.3) is 5.89 Å². The second-order valence-corrected chi connectivity index (χ2v) is 9.05. The number of halogens is 1. The molecule has 0 bridgehead atoms. The number of nitrogens with zero attached hydrogens (tertiary/aromatic N) is 3. The summed E-state index contributed by atoms with van der Waals surface area (Å²) in [5.74, 6) is 1.42. The first-order valence-corrected chi connectivity index (χ1v) is 11.1. The largest absolute Gasteiger partial charge is 0.351 e. The molecule has 2 heterocycles. The van der Waals surface area contributed by atoms with Crippen LogP contribution in [0.15, 0.2) is 58.8 Å². The Bertz CT molecular complexity index is 1140. The number of rotatable bonds is 5. The van der Waals surface area contributed by atoms with Crippen molar-refractivity contribution < 1.29 is 4.52 Å². The van der Waals surface area contributed by atoms with Crippen molar-refractivity contribution in [3.05, 3.63) is 76.3 Å².